The number of fused-ring (bicyclic) bond motifs is 1. The molecule has 2 nitrogen and oxygen atoms in total. The van der Waals surface area contributed by atoms with Crippen molar-refractivity contribution in [2.24, 2.45) is 0 Å². The highest BCUT2D eigenvalue weighted by atomic mass is 19.2. The van der Waals surface area contributed by atoms with Crippen molar-refractivity contribution in [2.45, 2.75) is 6.92 Å². The smallest absolute Gasteiger partial charge is 0.186 e. The number of benzene rings is 1. The summed E-state index contributed by atoms with van der Waals surface area (Å²) in [6, 6.07) is 0.460. The quantitative estimate of drug-likeness (QED) is 0.607. The van der Waals surface area contributed by atoms with E-state index in [2.05, 4.69) is 9.97 Å². The minimum atomic E-state index is -1.25. The van der Waals surface area contributed by atoms with Gasteiger partial charge in [-0.05, 0) is 6.92 Å². The Morgan fingerprint density at radius 3 is 2.50 bits per heavy atom. The Hall–Kier alpha value is -1.65. The number of hydrogen-bond acceptors (Lipinski definition) is 2. The predicted molar refractivity (Wildman–Crippen MR) is 44.1 cm³/mol. The molecule has 0 bridgehead atoms. The molecule has 0 atom stereocenters. The van der Waals surface area contributed by atoms with Gasteiger partial charge in [0.15, 0.2) is 17.5 Å². The highest BCUT2D eigenvalue weighted by Crippen LogP contribution is 2.19. The number of nitrogens with zero attached hydrogens (tertiary/aromatic N) is 2. The molecule has 0 aliphatic heterocycles. The number of rotatable bonds is 0. The summed E-state index contributed by atoms with van der Waals surface area (Å²) in [6.07, 6.45) is 1.29. The summed E-state index contributed by atoms with van der Waals surface area (Å²) in [6.45, 7) is 1.56. The lowest BCUT2D eigenvalue weighted by atomic mass is 10.2. The van der Waals surface area contributed by atoms with Crippen LogP contribution in [0, 0.1) is 24.4 Å². The molecule has 0 N–H and O–H groups in total. The van der Waals surface area contributed by atoms with Crippen LogP contribution in [0.5, 0.6) is 0 Å². The second kappa shape index (κ2) is 2.94. The van der Waals surface area contributed by atoms with E-state index < -0.39 is 17.5 Å². The van der Waals surface area contributed by atoms with Gasteiger partial charge < -0.3 is 0 Å². The number of halogens is 3. The molecular formula is C9H5F3N2. The molecule has 0 fully saturated rings. The van der Waals surface area contributed by atoms with Crippen LogP contribution in [-0.4, -0.2) is 9.97 Å². The lowest BCUT2D eigenvalue weighted by Gasteiger charge is -2.01. The first-order valence-corrected chi connectivity index (χ1v) is 3.86. The zero-order valence-corrected chi connectivity index (χ0v) is 7.18. The topological polar surface area (TPSA) is 25.8 Å². The van der Waals surface area contributed by atoms with E-state index in [1.165, 1.54) is 6.20 Å². The first-order valence-electron chi connectivity index (χ1n) is 3.86. The van der Waals surface area contributed by atoms with Gasteiger partial charge in [-0.1, -0.05) is 0 Å². The van der Waals surface area contributed by atoms with E-state index >= 15 is 0 Å². The minimum Gasteiger partial charge on any atom is -0.250 e. The normalized spacial score (nSPS) is 10.9. The van der Waals surface area contributed by atoms with Crippen molar-refractivity contribution in [3.05, 3.63) is 35.4 Å². The van der Waals surface area contributed by atoms with Gasteiger partial charge in [-0.15, -0.1) is 0 Å². The summed E-state index contributed by atoms with van der Waals surface area (Å²) in [4.78, 5) is 7.32. The Labute approximate surface area is 77.4 Å². The molecule has 2 aromatic rings. The molecule has 1 heterocycles. The van der Waals surface area contributed by atoms with Gasteiger partial charge in [-0.25, -0.2) is 23.1 Å². The Morgan fingerprint density at radius 2 is 1.79 bits per heavy atom. The van der Waals surface area contributed by atoms with Crippen LogP contribution in [0.4, 0.5) is 13.2 Å². The fourth-order valence-electron chi connectivity index (χ4n) is 1.16. The first kappa shape index (κ1) is 8.93. The summed E-state index contributed by atoms with van der Waals surface area (Å²) in [5, 5.41) is 0. The maximum Gasteiger partial charge on any atom is 0.186 e. The van der Waals surface area contributed by atoms with Crippen LogP contribution in [0.2, 0.25) is 0 Å². The molecule has 0 radical (unpaired) electrons. The maximum absolute atomic E-state index is 13.1. The largest absolute Gasteiger partial charge is 0.250 e. The van der Waals surface area contributed by atoms with Gasteiger partial charge >= 0.3 is 0 Å². The Kier molecular flexibility index (Phi) is 1.87. The van der Waals surface area contributed by atoms with Crippen molar-refractivity contribution in [3.63, 3.8) is 0 Å². The van der Waals surface area contributed by atoms with Gasteiger partial charge in [0.2, 0.25) is 0 Å². The number of aryl methyl sites for hydroxylation is 1. The van der Waals surface area contributed by atoms with E-state index in [1.54, 1.807) is 6.92 Å². The number of aromatic nitrogens is 2. The second-order valence-corrected chi connectivity index (χ2v) is 2.86. The Bertz CT molecular complexity index is 511. The molecule has 0 amide bonds. The van der Waals surface area contributed by atoms with Gasteiger partial charge in [0.25, 0.3) is 0 Å². The molecular weight excluding hydrogens is 193 g/mol. The van der Waals surface area contributed by atoms with Crippen molar-refractivity contribution < 1.29 is 13.2 Å². The third-order valence-corrected chi connectivity index (χ3v) is 1.79. The summed E-state index contributed by atoms with van der Waals surface area (Å²) < 4.78 is 38.9. The van der Waals surface area contributed by atoms with Gasteiger partial charge in [-0.3, -0.25) is 0 Å². The van der Waals surface area contributed by atoms with Crippen molar-refractivity contribution in [3.8, 4) is 0 Å². The van der Waals surface area contributed by atoms with E-state index in [0.717, 1.165) is 0 Å². The van der Waals surface area contributed by atoms with Gasteiger partial charge in [0.1, 0.15) is 11.0 Å². The maximum atomic E-state index is 13.1. The SMILES string of the molecule is Cc1cnc2c(F)cc(F)c(F)c2n1. The zero-order chi connectivity index (χ0) is 10.3. The molecule has 0 saturated heterocycles. The molecule has 1 aromatic carbocycles. The molecule has 2 rings (SSSR count). The van der Waals surface area contributed by atoms with Crippen molar-refractivity contribution in [2.75, 3.05) is 0 Å². The van der Waals surface area contributed by atoms with Crippen molar-refractivity contribution >= 4 is 11.0 Å². The summed E-state index contributed by atoms with van der Waals surface area (Å²) in [7, 11) is 0. The van der Waals surface area contributed by atoms with E-state index in [-0.39, 0.29) is 11.0 Å². The highest BCUT2D eigenvalue weighted by molar-refractivity contribution is 5.75. The molecule has 72 valence electrons. The Morgan fingerprint density at radius 1 is 1.07 bits per heavy atom. The van der Waals surface area contributed by atoms with Crippen molar-refractivity contribution in [1.29, 1.82) is 0 Å². The Balaban J connectivity index is 2.95. The summed E-state index contributed by atoms with van der Waals surface area (Å²) in [5.41, 5.74) is -0.224. The molecule has 1 aromatic heterocycles. The molecule has 0 aliphatic carbocycles. The van der Waals surface area contributed by atoms with Crippen LogP contribution in [0.1, 0.15) is 5.69 Å². The van der Waals surface area contributed by atoms with E-state index in [1.807, 2.05) is 0 Å². The summed E-state index contributed by atoms with van der Waals surface area (Å²) in [5.74, 6) is -3.33. The van der Waals surface area contributed by atoms with Gasteiger partial charge in [-0.2, -0.15) is 0 Å². The van der Waals surface area contributed by atoms with Crippen LogP contribution in [0.15, 0.2) is 12.3 Å². The van der Waals surface area contributed by atoms with Crippen LogP contribution in [-0.2, 0) is 0 Å². The molecule has 0 spiro atoms. The average molecular weight is 198 g/mol. The summed E-state index contributed by atoms with van der Waals surface area (Å²) >= 11 is 0. The molecule has 0 unspecified atom stereocenters. The van der Waals surface area contributed by atoms with E-state index in [4.69, 9.17) is 0 Å². The van der Waals surface area contributed by atoms with Crippen molar-refractivity contribution in [1.82, 2.24) is 9.97 Å². The van der Waals surface area contributed by atoms with E-state index in [9.17, 15) is 13.2 Å². The lowest BCUT2D eigenvalue weighted by molar-refractivity contribution is 0.503. The van der Waals surface area contributed by atoms with Crippen LogP contribution >= 0.6 is 0 Å². The molecule has 5 heteroatoms. The number of hydrogen-bond donors (Lipinski definition) is 0. The predicted octanol–water partition coefficient (Wildman–Crippen LogP) is 2.36. The fourth-order valence-corrected chi connectivity index (χ4v) is 1.16. The van der Waals surface area contributed by atoms with Crippen LogP contribution < -0.4 is 0 Å². The third kappa shape index (κ3) is 1.21. The average Bonchev–Trinajstić information content (AvgIpc) is 2.14. The first-order chi connectivity index (χ1) is 6.59. The molecule has 0 saturated carbocycles. The monoisotopic (exact) mass is 198 g/mol. The molecule has 0 aliphatic rings. The van der Waals surface area contributed by atoms with Gasteiger partial charge in [0, 0.05) is 12.3 Å². The van der Waals surface area contributed by atoms with E-state index in [0.29, 0.717) is 11.8 Å². The van der Waals surface area contributed by atoms with Gasteiger partial charge in [0.05, 0.1) is 5.69 Å². The highest BCUT2D eigenvalue weighted by Gasteiger charge is 2.14. The van der Waals surface area contributed by atoms with Crippen LogP contribution in [0.3, 0.4) is 0 Å². The lowest BCUT2D eigenvalue weighted by Crippen LogP contribution is -1.96. The second-order valence-electron chi connectivity index (χ2n) is 2.86. The van der Waals surface area contributed by atoms with Crippen LogP contribution in [0.25, 0.3) is 11.0 Å². The zero-order valence-electron chi connectivity index (χ0n) is 7.18. The standard InChI is InChI=1S/C9H5F3N2/c1-4-3-13-8-6(11)2-5(10)7(12)9(8)14-4/h2-3H,1H3. The minimum absolute atomic E-state index is 0.255. The third-order valence-electron chi connectivity index (χ3n) is 1.79. The fraction of sp³-hybridized carbons (Fsp3) is 0.111. The molecule has 14 heavy (non-hydrogen) atoms.